The Kier molecular flexibility index (Phi) is 7.15. The molecule has 1 heterocycles. The highest BCUT2D eigenvalue weighted by atomic mass is 16.5. The summed E-state index contributed by atoms with van der Waals surface area (Å²) >= 11 is 0. The second kappa shape index (κ2) is 8.10. The van der Waals surface area contributed by atoms with Gasteiger partial charge in [-0.2, -0.15) is 0 Å². The van der Waals surface area contributed by atoms with E-state index in [1.54, 1.807) is 0 Å². The van der Waals surface area contributed by atoms with Gasteiger partial charge in [-0.1, -0.05) is 13.8 Å². The van der Waals surface area contributed by atoms with Gasteiger partial charge in [0, 0.05) is 45.4 Å². The quantitative estimate of drug-likeness (QED) is 0.740. The smallest absolute Gasteiger partial charge is 0.0900 e. The Morgan fingerprint density at radius 3 is 2.11 bits per heavy atom. The first-order valence-corrected chi connectivity index (χ1v) is 7.21. The van der Waals surface area contributed by atoms with Crippen LogP contribution in [0.15, 0.2) is 0 Å². The fourth-order valence-electron chi connectivity index (χ4n) is 2.25. The summed E-state index contributed by atoms with van der Waals surface area (Å²) in [7, 11) is 0. The van der Waals surface area contributed by atoms with Crippen LogP contribution in [-0.2, 0) is 4.74 Å². The Morgan fingerprint density at radius 2 is 1.61 bits per heavy atom. The molecule has 1 aliphatic rings. The van der Waals surface area contributed by atoms with Crippen molar-refractivity contribution in [2.45, 2.75) is 39.8 Å². The topological polar surface area (TPSA) is 35.9 Å². The summed E-state index contributed by atoms with van der Waals surface area (Å²) < 4.78 is 5.47. The molecule has 4 heteroatoms. The van der Waals surface area contributed by atoms with Crippen molar-refractivity contribution < 1.29 is 9.84 Å². The van der Waals surface area contributed by atoms with E-state index in [2.05, 4.69) is 37.5 Å². The zero-order valence-corrected chi connectivity index (χ0v) is 12.4. The van der Waals surface area contributed by atoms with E-state index in [9.17, 15) is 5.11 Å². The van der Waals surface area contributed by atoms with Gasteiger partial charge in [0.05, 0.1) is 12.7 Å². The number of ether oxygens (including phenoxy) is 1. The van der Waals surface area contributed by atoms with E-state index in [-0.39, 0.29) is 6.10 Å². The molecule has 1 N–H and O–H groups in total. The highest BCUT2D eigenvalue weighted by Gasteiger charge is 2.20. The Bertz CT molecular complexity index is 214. The summed E-state index contributed by atoms with van der Waals surface area (Å²) in [4.78, 5) is 4.82. The van der Waals surface area contributed by atoms with E-state index in [0.29, 0.717) is 18.6 Å². The lowest BCUT2D eigenvalue weighted by Crippen LogP contribution is -2.50. The summed E-state index contributed by atoms with van der Waals surface area (Å²) in [6, 6.07) is 0.631. The van der Waals surface area contributed by atoms with E-state index in [4.69, 9.17) is 4.74 Å². The standard InChI is InChI=1S/C14H30N2O2/c1-12(2)10-18-11-14(17)9-15-5-7-16(8-6-15)13(3)4/h12-14,17H,5-11H2,1-4H3/t14-/m1/s1. The number of β-amino-alcohol motifs (C(OH)–C–C–N with tert-alkyl or cyclic N) is 1. The van der Waals surface area contributed by atoms with Crippen molar-refractivity contribution in [2.24, 2.45) is 5.92 Å². The van der Waals surface area contributed by atoms with E-state index in [1.807, 2.05) is 0 Å². The zero-order chi connectivity index (χ0) is 13.5. The molecule has 0 unspecified atom stereocenters. The van der Waals surface area contributed by atoms with Crippen LogP contribution in [0.1, 0.15) is 27.7 Å². The molecule has 0 aromatic heterocycles. The van der Waals surface area contributed by atoms with Gasteiger partial charge in [-0.25, -0.2) is 0 Å². The Morgan fingerprint density at radius 1 is 1.00 bits per heavy atom. The first kappa shape index (κ1) is 15.9. The fourth-order valence-corrected chi connectivity index (χ4v) is 2.25. The van der Waals surface area contributed by atoms with Crippen LogP contribution in [-0.4, -0.2) is 73.0 Å². The monoisotopic (exact) mass is 258 g/mol. The van der Waals surface area contributed by atoms with Gasteiger partial charge in [0.2, 0.25) is 0 Å². The molecule has 0 aromatic carbocycles. The molecule has 4 nitrogen and oxygen atoms in total. The van der Waals surface area contributed by atoms with Gasteiger partial charge in [-0.05, 0) is 19.8 Å². The van der Waals surface area contributed by atoms with Crippen LogP contribution in [0.4, 0.5) is 0 Å². The van der Waals surface area contributed by atoms with Gasteiger partial charge in [0.1, 0.15) is 0 Å². The molecular formula is C14H30N2O2. The summed E-state index contributed by atoms with van der Waals surface area (Å²) in [5, 5.41) is 9.91. The van der Waals surface area contributed by atoms with Gasteiger partial charge in [-0.15, -0.1) is 0 Å². The molecule has 0 saturated carbocycles. The van der Waals surface area contributed by atoms with Crippen LogP contribution in [0.5, 0.6) is 0 Å². The van der Waals surface area contributed by atoms with E-state index < -0.39 is 0 Å². The maximum Gasteiger partial charge on any atom is 0.0900 e. The van der Waals surface area contributed by atoms with Crippen LogP contribution in [0.3, 0.4) is 0 Å². The first-order valence-electron chi connectivity index (χ1n) is 7.21. The third kappa shape index (κ3) is 6.14. The lowest BCUT2D eigenvalue weighted by Gasteiger charge is -2.37. The molecule has 1 rings (SSSR count). The largest absolute Gasteiger partial charge is 0.389 e. The average Bonchev–Trinajstić information content (AvgIpc) is 2.29. The number of aliphatic hydroxyl groups is 1. The van der Waals surface area contributed by atoms with Gasteiger partial charge < -0.3 is 9.84 Å². The van der Waals surface area contributed by atoms with E-state index >= 15 is 0 Å². The molecule has 0 aromatic rings. The molecule has 0 spiro atoms. The van der Waals surface area contributed by atoms with Crippen molar-refractivity contribution in [3.05, 3.63) is 0 Å². The Hall–Kier alpha value is -0.160. The maximum absolute atomic E-state index is 9.91. The predicted octanol–water partition coefficient (Wildman–Crippen LogP) is 1.05. The molecule has 0 radical (unpaired) electrons. The summed E-state index contributed by atoms with van der Waals surface area (Å²) in [5.74, 6) is 0.534. The van der Waals surface area contributed by atoms with Crippen LogP contribution < -0.4 is 0 Å². The molecule has 0 amide bonds. The summed E-state index contributed by atoms with van der Waals surface area (Å²) in [5.41, 5.74) is 0. The number of piperazine rings is 1. The minimum atomic E-state index is -0.352. The summed E-state index contributed by atoms with van der Waals surface area (Å²) in [6.07, 6.45) is -0.352. The van der Waals surface area contributed by atoms with Crippen LogP contribution >= 0.6 is 0 Å². The number of rotatable bonds is 7. The molecule has 0 bridgehead atoms. The van der Waals surface area contributed by atoms with Crippen molar-refractivity contribution in [1.29, 1.82) is 0 Å². The molecular weight excluding hydrogens is 228 g/mol. The van der Waals surface area contributed by atoms with Crippen molar-refractivity contribution in [1.82, 2.24) is 9.80 Å². The van der Waals surface area contributed by atoms with Crippen molar-refractivity contribution >= 4 is 0 Å². The minimum Gasteiger partial charge on any atom is -0.389 e. The van der Waals surface area contributed by atoms with Crippen molar-refractivity contribution in [3.63, 3.8) is 0 Å². The van der Waals surface area contributed by atoms with E-state index in [1.165, 1.54) is 0 Å². The van der Waals surface area contributed by atoms with Crippen LogP contribution in [0.25, 0.3) is 0 Å². The molecule has 1 aliphatic heterocycles. The minimum absolute atomic E-state index is 0.352. The highest BCUT2D eigenvalue weighted by molar-refractivity contribution is 4.75. The molecule has 108 valence electrons. The third-order valence-electron chi connectivity index (χ3n) is 3.37. The number of hydrogen-bond acceptors (Lipinski definition) is 4. The van der Waals surface area contributed by atoms with Crippen molar-refractivity contribution in [3.8, 4) is 0 Å². The number of aliphatic hydroxyl groups excluding tert-OH is 1. The maximum atomic E-state index is 9.91. The average molecular weight is 258 g/mol. The number of hydrogen-bond donors (Lipinski definition) is 1. The Balaban J connectivity index is 2.12. The molecule has 1 fully saturated rings. The summed E-state index contributed by atoms with van der Waals surface area (Å²) in [6.45, 7) is 15.0. The SMILES string of the molecule is CC(C)COC[C@H](O)CN1CCN(C(C)C)CC1. The molecule has 0 aliphatic carbocycles. The lowest BCUT2D eigenvalue weighted by atomic mass is 10.2. The number of nitrogens with zero attached hydrogens (tertiary/aromatic N) is 2. The van der Waals surface area contributed by atoms with Gasteiger partial charge in [0.25, 0.3) is 0 Å². The van der Waals surface area contributed by atoms with E-state index in [0.717, 1.165) is 39.3 Å². The van der Waals surface area contributed by atoms with Gasteiger partial charge in [-0.3, -0.25) is 9.80 Å². The predicted molar refractivity (Wildman–Crippen MR) is 74.8 cm³/mol. The van der Waals surface area contributed by atoms with Crippen molar-refractivity contribution in [2.75, 3.05) is 45.9 Å². The molecule has 1 atom stereocenters. The van der Waals surface area contributed by atoms with Crippen LogP contribution in [0, 0.1) is 5.92 Å². The van der Waals surface area contributed by atoms with Gasteiger partial charge >= 0.3 is 0 Å². The normalized spacial score (nSPS) is 20.8. The lowest BCUT2D eigenvalue weighted by molar-refractivity contribution is -0.00186. The fraction of sp³-hybridized carbons (Fsp3) is 1.00. The molecule has 18 heavy (non-hydrogen) atoms. The Labute approximate surface area is 112 Å². The highest BCUT2D eigenvalue weighted by Crippen LogP contribution is 2.06. The van der Waals surface area contributed by atoms with Gasteiger partial charge in [0.15, 0.2) is 0 Å². The molecule has 1 saturated heterocycles. The first-order chi connectivity index (χ1) is 8.49. The zero-order valence-electron chi connectivity index (χ0n) is 12.4. The second-order valence-electron chi connectivity index (χ2n) is 6.02. The third-order valence-corrected chi connectivity index (χ3v) is 3.37. The second-order valence-corrected chi connectivity index (χ2v) is 6.02. The van der Waals surface area contributed by atoms with Crippen LogP contribution in [0.2, 0.25) is 0 Å².